The SMILES string of the molecule is Cc1cnc(N)c(C(=O)c2cc(N)ccc2Br)c1. The van der Waals surface area contributed by atoms with Gasteiger partial charge in [0.2, 0.25) is 0 Å². The quantitative estimate of drug-likeness (QED) is 0.660. The third kappa shape index (κ3) is 2.36. The minimum Gasteiger partial charge on any atom is -0.399 e. The van der Waals surface area contributed by atoms with Crippen LogP contribution in [0.2, 0.25) is 0 Å². The lowest BCUT2D eigenvalue weighted by molar-refractivity contribution is 0.103. The number of ketones is 1. The molecule has 0 bridgehead atoms. The first-order valence-electron chi connectivity index (χ1n) is 5.31. The third-order valence-corrected chi connectivity index (χ3v) is 3.23. The lowest BCUT2D eigenvalue weighted by atomic mass is 10.0. The first kappa shape index (κ1) is 12.6. The highest BCUT2D eigenvalue weighted by atomic mass is 79.9. The number of halogens is 1. The van der Waals surface area contributed by atoms with Crippen LogP contribution in [0.5, 0.6) is 0 Å². The molecule has 1 aromatic carbocycles. The molecule has 18 heavy (non-hydrogen) atoms. The number of carbonyl (C=O) groups is 1. The van der Waals surface area contributed by atoms with E-state index in [0.717, 1.165) is 5.56 Å². The molecule has 4 N–H and O–H groups in total. The van der Waals surface area contributed by atoms with E-state index in [9.17, 15) is 4.79 Å². The topological polar surface area (TPSA) is 82.0 Å². The van der Waals surface area contributed by atoms with Gasteiger partial charge >= 0.3 is 0 Å². The summed E-state index contributed by atoms with van der Waals surface area (Å²) in [6.07, 6.45) is 1.63. The summed E-state index contributed by atoms with van der Waals surface area (Å²) in [6.45, 7) is 1.86. The van der Waals surface area contributed by atoms with Gasteiger partial charge in [-0.2, -0.15) is 0 Å². The van der Waals surface area contributed by atoms with E-state index < -0.39 is 0 Å². The fourth-order valence-electron chi connectivity index (χ4n) is 1.62. The number of pyridine rings is 1. The number of benzene rings is 1. The van der Waals surface area contributed by atoms with Crippen LogP contribution >= 0.6 is 15.9 Å². The molecule has 92 valence electrons. The van der Waals surface area contributed by atoms with Crippen LogP contribution in [-0.2, 0) is 0 Å². The number of hydrogen-bond donors (Lipinski definition) is 2. The van der Waals surface area contributed by atoms with E-state index in [0.29, 0.717) is 21.3 Å². The molecule has 4 nitrogen and oxygen atoms in total. The standard InChI is InChI=1S/C13H12BrN3O/c1-7-4-10(13(16)17-6-7)12(18)9-5-8(15)2-3-11(9)14/h2-6H,15H2,1H3,(H2,16,17). The van der Waals surface area contributed by atoms with Gasteiger partial charge in [-0.1, -0.05) is 15.9 Å². The summed E-state index contributed by atoms with van der Waals surface area (Å²) in [6, 6.07) is 6.80. The summed E-state index contributed by atoms with van der Waals surface area (Å²) in [5.41, 5.74) is 13.7. The van der Waals surface area contributed by atoms with E-state index in [4.69, 9.17) is 11.5 Å². The molecule has 2 aromatic rings. The molecular formula is C13H12BrN3O. The Bertz CT molecular complexity index is 572. The summed E-state index contributed by atoms with van der Waals surface area (Å²) in [4.78, 5) is 16.4. The van der Waals surface area contributed by atoms with Gasteiger partial charge in [0.05, 0.1) is 5.56 Å². The lowest BCUT2D eigenvalue weighted by Gasteiger charge is -2.07. The maximum atomic E-state index is 12.4. The van der Waals surface area contributed by atoms with Gasteiger partial charge in [0.1, 0.15) is 5.82 Å². The van der Waals surface area contributed by atoms with E-state index in [1.54, 1.807) is 30.5 Å². The molecule has 0 saturated heterocycles. The highest BCUT2D eigenvalue weighted by Gasteiger charge is 2.16. The first-order valence-corrected chi connectivity index (χ1v) is 6.10. The molecular weight excluding hydrogens is 294 g/mol. The third-order valence-electron chi connectivity index (χ3n) is 2.53. The Hall–Kier alpha value is -1.88. The van der Waals surface area contributed by atoms with Crippen molar-refractivity contribution in [1.29, 1.82) is 0 Å². The maximum absolute atomic E-state index is 12.4. The Balaban J connectivity index is 2.54. The molecule has 1 heterocycles. The predicted molar refractivity (Wildman–Crippen MR) is 75.4 cm³/mol. The van der Waals surface area contributed by atoms with Gasteiger partial charge in [-0.25, -0.2) is 4.98 Å². The number of nitrogen functional groups attached to an aromatic ring is 2. The second kappa shape index (κ2) is 4.78. The van der Waals surface area contributed by atoms with Crippen molar-refractivity contribution in [3.63, 3.8) is 0 Å². The molecule has 0 unspecified atom stereocenters. The van der Waals surface area contributed by atoms with Crippen molar-refractivity contribution >= 4 is 33.2 Å². The van der Waals surface area contributed by atoms with Crippen molar-refractivity contribution in [2.24, 2.45) is 0 Å². The highest BCUT2D eigenvalue weighted by Crippen LogP contribution is 2.24. The second-order valence-corrected chi connectivity index (χ2v) is 4.87. The Morgan fingerprint density at radius 3 is 2.67 bits per heavy atom. The number of nitrogens with two attached hydrogens (primary N) is 2. The Morgan fingerprint density at radius 2 is 1.94 bits per heavy atom. The molecule has 0 aliphatic carbocycles. The van der Waals surface area contributed by atoms with E-state index in [1.807, 2.05) is 6.92 Å². The van der Waals surface area contributed by atoms with Gasteiger partial charge in [-0.3, -0.25) is 4.79 Å². The van der Waals surface area contributed by atoms with Gasteiger partial charge in [-0.05, 0) is 36.8 Å². The van der Waals surface area contributed by atoms with Gasteiger partial charge in [0.25, 0.3) is 0 Å². The Labute approximate surface area is 113 Å². The van der Waals surface area contributed by atoms with Gasteiger partial charge in [0, 0.05) is 21.9 Å². The van der Waals surface area contributed by atoms with Gasteiger partial charge in [0.15, 0.2) is 5.78 Å². The normalized spacial score (nSPS) is 10.3. The fourth-order valence-corrected chi connectivity index (χ4v) is 2.05. The minimum atomic E-state index is -0.192. The number of hydrogen-bond acceptors (Lipinski definition) is 4. The molecule has 0 spiro atoms. The van der Waals surface area contributed by atoms with Crippen LogP contribution in [0.1, 0.15) is 21.5 Å². The van der Waals surface area contributed by atoms with Crippen LogP contribution in [0.3, 0.4) is 0 Å². The molecule has 0 saturated carbocycles. The van der Waals surface area contributed by atoms with Gasteiger partial charge in [-0.15, -0.1) is 0 Å². The average molecular weight is 306 g/mol. The number of aryl methyl sites for hydroxylation is 1. The molecule has 2 rings (SSSR count). The number of anilines is 2. The lowest BCUT2D eigenvalue weighted by Crippen LogP contribution is -2.08. The van der Waals surface area contributed by atoms with Gasteiger partial charge < -0.3 is 11.5 Å². The summed E-state index contributed by atoms with van der Waals surface area (Å²) in [5, 5.41) is 0. The smallest absolute Gasteiger partial charge is 0.197 e. The maximum Gasteiger partial charge on any atom is 0.197 e. The summed E-state index contributed by atoms with van der Waals surface area (Å²) >= 11 is 3.33. The zero-order valence-corrected chi connectivity index (χ0v) is 11.4. The molecule has 0 radical (unpaired) electrons. The van der Waals surface area contributed by atoms with Crippen LogP contribution in [0.15, 0.2) is 34.9 Å². The Kier molecular flexibility index (Phi) is 3.34. The number of rotatable bonds is 2. The summed E-state index contributed by atoms with van der Waals surface area (Å²) < 4.78 is 0.683. The number of carbonyl (C=O) groups excluding carboxylic acids is 1. The zero-order valence-electron chi connectivity index (χ0n) is 9.77. The van der Waals surface area contributed by atoms with E-state index in [2.05, 4.69) is 20.9 Å². The van der Waals surface area contributed by atoms with E-state index in [1.165, 1.54) is 0 Å². The van der Waals surface area contributed by atoms with Crippen LogP contribution in [0.4, 0.5) is 11.5 Å². The second-order valence-electron chi connectivity index (χ2n) is 4.01. The van der Waals surface area contributed by atoms with Crippen molar-refractivity contribution in [3.05, 3.63) is 51.6 Å². The number of nitrogens with zero attached hydrogens (tertiary/aromatic N) is 1. The molecule has 0 atom stereocenters. The summed E-state index contributed by atoms with van der Waals surface area (Å²) in [5.74, 6) is 0.0304. The highest BCUT2D eigenvalue weighted by molar-refractivity contribution is 9.10. The van der Waals surface area contributed by atoms with Crippen molar-refractivity contribution in [2.45, 2.75) is 6.92 Å². The molecule has 0 amide bonds. The van der Waals surface area contributed by atoms with Crippen molar-refractivity contribution in [2.75, 3.05) is 11.5 Å². The fraction of sp³-hybridized carbons (Fsp3) is 0.0769. The summed E-state index contributed by atoms with van der Waals surface area (Å²) in [7, 11) is 0. The molecule has 0 fully saturated rings. The Morgan fingerprint density at radius 1 is 1.22 bits per heavy atom. The zero-order chi connectivity index (χ0) is 13.3. The largest absolute Gasteiger partial charge is 0.399 e. The predicted octanol–water partition coefficient (Wildman–Crippen LogP) is 2.55. The van der Waals surface area contributed by atoms with Crippen LogP contribution in [0, 0.1) is 6.92 Å². The van der Waals surface area contributed by atoms with Crippen LogP contribution < -0.4 is 11.5 Å². The van der Waals surface area contributed by atoms with Crippen molar-refractivity contribution in [1.82, 2.24) is 4.98 Å². The monoisotopic (exact) mass is 305 g/mol. The van der Waals surface area contributed by atoms with Crippen molar-refractivity contribution in [3.8, 4) is 0 Å². The van der Waals surface area contributed by atoms with Crippen molar-refractivity contribution < 1.29 is 4.79 Å². The average Bonchev–Trinajstić information content (AvgIpc) is 2.34. The first-order chi connectivity index (χ1) is 8.49. The molecule has 0 aliphatic rings. The molecule has 1 aromatic heterocycles. The molecule has 0 aliphatic heterocycles. The molecule has 5 heteroatoms. The minimum absolute atomic E-state index is 0.192. The number of aromatic nitrogens is 1. The van der Waals surface area contributed by atoms with Crippen LogP contribution in [-0.4, -0.2) is 10.8 Å². The van der Waals surface area contributed by atoms with E-state index in [-0.39, 0.29) is 11.6 Å². The van der Waals surface area contributed by atoms with Crippen LogP contribution in [0.25, 0.3) is 0 Å². The van der Waals surface area contributed by atoms with E-state index >= 15 is 0 Å².